The van der Waals surface area contributed by atoms with E-state index in [0.717, 1.165) is 49.8 Å². The van der Waals surface area contributed by atoms with Crippen molar-refractivity contribution in [3.8, 4) is 0 Å². The monoisotopic (exact) mass is 379 g/mol. The third-order valence-corrected chi connectivity index (χ3v) is 6.17. The fourth-order valence-corrected chi connectivity index (χ4v) is 4.44. The van der Waals surface area contributed by atoms with E-state index in [-0.39, 0.29) is 23.8 Å². The molecule has 3 rings (SSSR count). The molecule has 0 aromatic rings. The van der Waals surface area contributed by atoms with Crippen LogP contribution >= 0.6 is 0 Å². The molecule has 1 saturated heterocycles. The molecule has 1 heterocycles. The van der Waals surface area contributed by atoms with Crippen LogP contribution in [0.4, 0.5) is 4.79 Å². The van der Waals surface area contributed by atoms with Gasteiger partial charge in [-0.1, -0.05) is 32.6 Å². The highest BCUT2D eigenvalue weighted by atomic mass is 16.5. The lowest BCUT2D eigenvalue weighted by atomic mass is 9.73. The molecule has 1 aliphatic heterocycles. The SMILES string of the molecule is C[C@H](OC(=O)CN1C(=O)N[C@]2(CCCC[C@@H]2C)C1=O)C(=O)NC1CCCC1. The second-order valence-corrected chi connectivity index (χ2v) is 8.06. The average molecular weight is 379 g/mol. The Labute approximate surface area is 159 Å². The first-order valence-electron chi connectivity index (χ1n) is 9.97. The third-order valence-electron chi connectivity index (χ3n) is 6.17. The summed E-state index contributed by atoms with van der Waals surface area (Å²) in [5.74, 6) is -1.43. The second kappa shape index (κ2) is 7.86. The molecule has 4 amide bonds. The number of nitrogens with one attached hydrogen (secondary N) is 2. The maximum absolute atomic E-state index is 12.8. The van der Waals surface area contributed by atoms with Gasteiger partial charge in [0.1, 0.15) is 12.1 Å². The number of carbonyl (C=O) groups is 4. The van der Waals surface area contributed by atoms with Gasteiger partial charge in [-0.05, 0) is 38.5 Å². The van der Waals surface area contributed by atoms with Crippen molar-refractivity contribution >= 4 is 23.8 Å². The molecule has 2 saturated carbocycles. The molecule has 0 aromatic carbocycles. The molecule has 1 spiro atoms. The number of imide groups is 1. The number of hydrogen-bond donors (Lipinski definition) is 2. The molecule has 0 unspecified atom stereocenters. The maximum Gasteiger partial charge on any atom is 0.327 e. The Balaban J connectivity index is 1.54. The van der Waals surface area contributed by atoms with Gasteiger partial charge < -0.3 is 15.4 Å². The molecule has 150 valence electrons. The molecule has 27 heavy (non-hydrogen) atoms. The summed E-state index contributed by atoms with van der Waals surface area (Å²) < 4.78 is 5.16. The minimum atomic E-state index is -0.957. The molecule has 3 aliphatic rings. The lowest BCUT2D eigenvalue weighted by molar-refractivity contribution is -0.157. The van der Waals surface area contributed by atoms with Crippen LogP contribution < -0.4 is 10.6 Å². The van der Waals surface area contributed by atoms with Gasteiger partial charge in [0.25, 0.3) is 11.8 Å². The van der Waals surface area contributed by atoms with E-state index in [1.54, 1.807) is 0 Å². The van der Waals surface area contributed by atoms with Crippen LogP contribution in [0, 0.1) is 5.92 Å². The molecular formula is C19H29N3O5. The number of esters is 1. The Morgan fingerprint density at radius 2 is 1.89 bits per heavy atom. The standard InChI is InChI=1S/C19H29N3O5/c1-12-7-5-6-10-19(12)17(25)22(18(26)21-19)11-15(23)27-13(2)16(24)20-14-8-3-4-9-14/h12-14H,3-11H2,1-2H3,(H,20,24)(H,21,26)/t12-,13-,19-/m0/s1. The van der Waals surface area contributed by atoms with Crippen molar-refractivity contribution in [1.29, 1.82) is 0 Å². The van der Waals surface area contributed by atoms with Crippen molar-refractivity contribution in [3.63, 3.8) is 0 Å². The Bertz CT molecular complexity index is 631. The van der Waals surface area contributed by atoms with E-state index in [1.165, 1.54) is 6.92 Å². The normalized spacial score (nSPS) is 29.7. The molecule has 0 bridgehead atoms. The van der Waals surface area contributed by atoms with Crippen LogP contribution in [0.2, 0.25) is 0 Å². The zero-order chi connectivity index (χ0) is 19.6. The number of rotatable bonds is 5. The first kappa shape index (κ1) is 19.6. The number of ether oxygens (including phenoxy) is 1. The van der Waals surface area contributed by atoms with Crippen LogP contribution in [0.5, 0.6) is 0 Å². The molecule has 3 fully saturated rings. The maximum atomic E-state index is 12.8. The Kier molecular flexibility index (Phi) is 5.72. The number of nitrogens with zero attached hydrogens (tertiary/aromatic N) is 1. The summed E-state index contributed by atoms with van der Waals surface area (Å²) in [4.78, 5) is 50.4. The van der Waals surface area contributed by atoms with Gasteiger partial charge in [0.2, 0.25) is 0 Å². The van der Waals surface area contributed by atoms with Crippen LogP contribution in [0.3, 0.4) is 0 Å². The highest BCUT2D eigenvalue weighted by Crippen LogP contribution is 2.38. The first-order valence-corrected chi connectivity index (χ1v) is 9.97. The zero-order valence-electron chi connectivity index (χ0n) is 16.1. The van der Waals surface area contributed by atoms with Gasteiger partial charge in [-0.3, -0.25) is 19.3 Å². The van der Waals surface area contributed by atoms with E-state index in [1.807, 2.05) is 6.92 Å². The Morgan fingerprint density at radius 3 is 2.56 bits per heavy atom. The number of carbonyl (C=O) groups excluding carboxylic acids is 4. The fourth-order valence-electron chi connectivity index (χ4n) is 4.44. The van der Waals surface area contributed by atoms with Crippen LogP contribution in [-0.4, -0.2) is 52.9 Å². The lowest BCUT2D eigenvalue weighted by Gasteiger charge is -2.36. The zero-order valence-corrected chi connectivity index (χ0v) is 16.1. The second-order valence-electron chi connectivity index (χ2n) is 8.06. The average Bonchev–Trinajstić information content (AvgIpc) is 3.20. The van der Waals surface area contributed by atoms with Gasteiger partial charge in [0, 0.05) is 6.04 Å². The predicted molar refractivity (Wildman–Crippen MR) is 96.6 cm³/mol. The van der Waals surface area contributed by atoms with Crippen molar-refractivity contribution in [3.05, 3.63) is 0 Å². The molecule has 3 atom stereocenters. The van der Waals surface area contributed by atoms with Crippen LogP contribution in [0.15, 0.2) is 0 Å². The first-order chi connectivity index (χ1) is 12.8. The number of hydrogen-bond acceptors (Lipinski definition) is 5. The molecular weight excluding hydrogens is 350 g/mol. The Morgan fingerprint density at radius 1 is 1.22 bits per heavy atom. The summed E-state index contributed by atoms with van der Waals surface area (Å²) in [6.45, 7) is 2.98. The topological polar surface area (TPSA) is 105 Å². The van der Waals surface area contributed by atoms with Crippen molar-refractivity contribution in [2.45, 2.75) is 82.9 Å². The van der Waals surface area contributed by atoms with Crippen molar-refractivity contribution in [2.24, 2.45) is 5.92 Å². The predicted octanol–water partition coefficient (Wildman–Crippen LogP) is 1.48. The minimum Gasteiger partial charge on any atom is -0.451 e. The van der Waals surface area contributed by atoms with Crippen molar-refractivity contribution in [1.82, 2.24) is 15.5 Å². The van der Waals surface area contributed by atoms with E-state index < -0.39 is 30.2 Å². The van der Waals surface area contributed by atoms with Gasteiger partial charge in [-0.2, -0.15) is 0 Å². The van der Waals surface area contributed by atoms with Gasteiger partial charge in [-0.15, -0.1) is 0 Å². The summed E-state index contributed by atoms with van der Waals surface area (Å²) in [6, 6.07) is -0.425. The number of urea groups is 1. The van der Waals surface area contributed by atoms with E-state index >= 15 is 0 Å². The Hall–Kier alpha value is -2.12. The smallest absolute Gasteiger partial charge is 0.327 e. The van der Waals surface area contributed by atoms with E-state index in [0.29, 0.717) is 6.42 Å². The summed E-state index contributed by atoms with van der Waals surface area (Å²) in [6.07, 6.45) is 6.45. The van der Waals surface area contributed by atoms with Gasteiger partial charge in [0.15, 0.2) is 6.10 Å². The highest BCUT2D eigenvalue weighted by molar-refractivity contribution is 6.09. The largest absolute Gasteiger partial charge is 0.451 e. The van der Waals surface area contributed by atoms with Crippen LogP contribution in [-0.2, 0) is 19.1 Å². The van der Waals surface area contributed by atoms with E-state index in [9.17, 15) is 19.2 Å². The van der Waals surface area contributed by atoms with Crippen LogP contribution in [0.25, 0.3) is 0 Å². The summed E-state index contributed by atoms with van der Waals surface area (Å²) in [7, 11) is 0. The molecule has 2 N–H and O–H groups in total. The third kappa shape index (κ3) is 3.94. The van der Waals surface area contributed by atoms with Crippen molar-refractivity contribution < 1.29 is 23.9 Å². The van der Waals surface area contributed by atoms with Gasteiger partial charge in [-0.25, -0.2) is 4.79 Å². The molecule has 8 heteroatoms. The molecule has 8 nitrogen and oxygen atoms in total. The van der Waals surface area contributed by atoms with Crippen molar-refractivity contribution in [2.75, 3.05) is 6.54 Å². The highest BCUT2D eigenvalue weighted by Gasteiger charge is 2.55. The quantitative estimate of drug-likeness (QED) is 0.556. The molecule has 0 radical (unpaired) electrons. The summed E-state index contributed by atoms with van der Waals surface area (Å²) in [5, 5.41) is 5.67. The van der Waals surface area contributed by atoms with Gasteiger partial charge >= 0.3 is 12.0 Å². The van der Waals surface area contributed by atoms with Gasteiger partial charge in [0.05, 0.1) is 0 Å². The summed E-state index contributed by atoms with van der Waals surface area (Å²) >= 11 is 0. The lowest BCUT2D eigenvalue weighted by Crippen LogP contribution is -2.54. The summed E-state index contributed by atoms with van der Waals surface area (Å²) in [5.41, 5.74) is -0.902. The fraction of sp³-hybridized carbons (Fsp3) is 0.789. The minimum absolute atomic E-state index is 0.0276. The van der Waals surface area contributed by atoms with E-state index in [4.69, 9.17) is 4.74 Å². The van der Waals surface area contributed by atoms with Crippen LogP contribution in [0.1, 0.15) is 65.2 Å². The van der Waals surface area contributed by atoms with E-state index in [2.05, 4.69) is 10.6 Å². The molecule has 0 aromatic heterocycles. The molecule has 2 aliphatic carbocycles. The number of amides is 4.